The molecule has 5 nitrogen and oxygen atoms in total. The fourth-order valence-corrected chi connectivity index (χ4v) is 2.08. The first kappa shape index (κ1) is 16.0. The number of anilines is 1. The second kappa shape index (κ2) is 7.61. The van der Waals surface area contributed by atoms with Gasteiger partial charge in [0.25, 0.3) is 0 Å². The molecule has 2 aromatic carbocycles. The molecule has 0 aliphatic rings. The summed E-state index contributed by atoms with van der Waals surface area (Å²) in [4.78, 5) is 23.3. The van der Waals surface area contributed by atoms with Gasteiger partial charge in [-0.3, -0.25) is 5.32 Å². The van der Waals surface area contributed by atoms with Crippen LogP contribution >= 0.6 is 15.9 Å². The van der Waals surface area contributed by atoms with E-state index in [-0.39, 0.29) is 6.61 Å². The average molecular weight is 364 g/mol. The highest BCUT2D eigenvalue weighted by atomic mass is 79.9. The second-order valence-electron chi connectivity index (χ2n) is 4.37. The maximum Gasteiger partial charge on any atom is 0.411 e. The molecule has 1 N–H and O–H groups in total. The van der Waals surface area contributed by atoms with Gasteiger partial charge >= 0.3 is 12.1 Å². The number of benzene rings is 2. The highest BCUT2D eigenvalue weighted by Crippen LogP contribution is 2.24. The Morgan fingerprint density at radius 1 is 1.14 bits per heavy atom. The molecule has 6 heteroatoms. The maximum atomic E-state index is 11.8. The minimum atomic E-state index is -0.605. The zero-order valence-corrected chi connectivity index (χ0v) is 13.4. The molecular formula is C16H14BrNO4. The van der Waals surface area contributed by atoms with Crippen molar-refractivity contribution in [1.82, 2.24) is 0 Å². The van der Waals surface area contributed by atoms with Crippen LogP contribution in [-0.2, 0) is 16.1 Å². The monoisotopic (exact) mass is 363 g/mol. The van der Waals surface area contributed by atoms with Crippen molar-refractivity contribution in [2.45, 2.75) is 6.61 Å². The van der Waals surface area contributed by atoms with Crippen molar-refractivity contribution in [2.24, 2.45) is 0 Å². The topological polar surface area (TPSA) is 64.6 Å². The van der Waals surface area contributed by atoms with E-state index in [0.717, 1.165) is 5.56 Å². The Bertz CT molecular complexity index is 673. The summed E-state index contributed by atoms with van der Waals surface area (Å²) in [5.74, 6) is -0.479. The third-order valence-electron chi connectivity index (χ3n) is 2.84. The minimum absolute atomic E-state index is 0.168. The van der Waals surface area contributed by atoms with Crippen molar-refractivity contribution in [3.8, 4) is 0 Å². The summed E-state index contributed by atoms with van der Waals surface area (Å²) in [7, 11) is 1.30. The number of hydrogen-bond donors (Lipinski definition) is 1. The Morgan fingerprint density at radius 2 is 1.86 bits per heavy atom. The number of ether oxygens (including phenoxy) is 2. The van der Waals surface area contributed by atoms with E-state index in [0.29, 0.717) is 15.7 Å². The summed E-state index contributed by atoms with van der Waals surface area (Å²) in [6.07, 6.45) is -0.605. The first-order valence-corrected chi connectivity index (χ1v) is 7.25. The van der Waals surface area contributed by atoms with Crippen molar-refractivity contribution in [3.05, 3.63) is 64.1 Å². The van der Waals surface area contributed by atoms with E-state index >= 15 is 0 Å². The maximum absolute atomic E-state index is 11.8. The number of hydrogen-bond acceptors (Lipinski definition) is 4. The molecular weight excluding hydrogens is 350 g/mol. The third-order valence-corrected chi connectivity index (χ3v) is 3.53. The predicted molar refractivity (Wildman–Crippen MR) is 85.7 cm³/mol. The average Bonchev–Trinajstić information content (AvgIpc) is 2.55. The van der Waals surface area contributed by atoms with E-state index in [1.165, 1.54) is 13.2 Å². The van der Waals surface area contributed by atoms with Gasteiger partial charge in [-0.25, -0.2) is 9.59 Å². The minimum Gasteiger partial charge on any atom is -0.465 e. The Morgan fingerprint density at radius 3 is 2.55 bits per heavy atom. The van der Waals surface area contributed by atoms with Gasteiger partial charge in [0.05, 0.1) is 18.4 Å². The largest absolute Gasteiger partial charge is 0.465 e. The molecule has 0 fully saturated rings. The highest BCUT2D eigenvalue weighted by Gasteiger charge is 2.11. The number of methoxy groups -OCH3 is 1. The van der Waals surface area contributed by atoms with Crippen molar-refractivity contribution in [3.63, 3.8) is 0 Å². The molecule has 0 aromatic heterocycles. The molecule has 0 heterocycles. The van der Waals surface area contributed by atoms with Gasteiger partial charge in [0.15, 0.2) is 0 Å². The van der Waals surface area contributed by atoms with Crippen LogP contribution < -0.4 is 5.32 Å². The van der Waals surface area contributed by atoms with E-state index in [9.17, 15) is 9.59 Å². The lowest BCUT2D eigenvalue weighted by Gasteiger charge is -2.10. The summed E-state index contributed by atoms with van der Waals surface area (Å²) >= 11 is 3.30. The molecule has 2 aromatic rings. The van der Waals surface area contributed by atoms with Gasteiger partial charge in [0.1, 0.15) is 6.61 Å². The number of carbonyl (C=O) groups is 2. The van der Waals surface area contributed by atoms with Crippen LogP contribution in [0.1, 0.15) is 15.9 Å². The zero-order chi connectivity index (χ0) is 15.9. The number of carbonyl (C=O) groups excluding carboxylic acids is 2. The van der Waals surface area contributed by atoms with Gasteiger partial charge in [0.2, 0.25) is 0 Å². The second-order valence-corrected chi connectivity index (χ2v) is 5.23. The van der Waals surface area contributed by atoms with Crippen LogP contribution in [0.15, 0.2) is 53.0 Å². The van der Waals surface area contributed by atoms with E-state index < -0.39 is 12.1 Å². The fourth-order valence-electron chi connectivity index (χ4n) is 1.74. The lowest BCUT2D eigenvalue weighted by atomic mass is 10.2. The van der Waals surface area contributed by atoms with E-state index in [4.69, 9.17) is 4.74 Å². The van der Waals surface area contributed by atoms with Gasteiger partial charge < -0.3 is 9.47 Å². The summed E-state index contributed by atoms with van der Waals surface area (Å²) < 4.78 is 10.4. The highest BCUT2D eigenvalue weighted by molar-refractivity contribution is 9.10. The molecule has 22 heavy (non-hydrogen) atoms. The summed E-state index contributed by atoms with van der Waals surface area (Å²) in [6, 6.07) is 14.1. The standard InChI is InChI=1S/C16H14BrNO4/c1-21-15(19)12-7-8-13(17)14(9-12)18-16(20)22-10-11-5-3-2-4-6-11/h2-9H,10H2,1H3,(H,18,20). The van der Waals surface area contributed by atoms with Crippen molar-refractivity contribution < 1.29 is 19.1 Å². The third kappa shape index (κ3) is 4.33. The van der Waals surface area contributed by atoms with E-state index in [1.807, 2.05) is 30.3 Å². The molecule has 0 saturated heterocycles. The fraction of sp³-hybridized carbons (Fsp3) is 0.125. The molecule has 0 aliphatic carbocycles. The van der Waals surface area contributed by atoms with Crippen LogP contribution in [0.2, 0.25) is 0 Å². The van der Waals surface area contributed by atoms with Crippen LogP contribution in [0.3, 0.4) is 0 Å². The van der Waals surface area contributed by atoms with Crippen LogP contribution in [0, 0.1) is 0 Å². The number of rotatable bonds is 4. The van der Waals surface area contributed by atoms with Gasteiger partial charge in [0, 0.05) is 4.47 Å². The SMILES string of the molecule is COC(=O)c1ccc(Br)c(NC(=O)OCc2ccccc2)c1. The lowest BCUT2D eigenvalue weighted by Crippen LogP contribution is -2.14. The molecule has 0 spiro atoms. The number of amides is 1. The number of esters is 1. The molecule has 2 rings (SSSR count). The predicted octanol–water partition coefficient (Wildman–Crippen LogP) is 3.98. The van der Waals surface area contributed by atoms with E-state index in [2.05, 4.69) is 26.0 Å². The Labute approximate surface area is 136 Å². The lowest BCUT2D eigenvalue weighted by molar-refractivity contribution is 0.0600. The molecule has 0 saturated carbocycles. The summed E-state index contributed by atoms with van der Waals surface area (Å²) in [6.45, 7) is 0.168. The molecule has 0 unspecified atom stereocenters. The van der Waals surface area contributed by atoms with Crippen LogP contribution in [0.5, 0.6) is 0 Å². The van der Waals surface area contributed by atoms with Gasteiger partial charge in [-0.1, -0.05) is 30.3 Å². The first-order chi connectivity index (χ1) is 10.6. The normalized spacial score (nSPS) is 9.91. The van der Waals surface area contributed by atoms with Gasteiger partial charge in [-0.05, 0) is 39.7 Å². The molecule has 0 atom stereocenters. The molecule has 0 aliphatic heterocycles. The van der Waals surface area contributed by atoms with Crippen molar-refractivity contribution >= 4 is 33.7 Å². The first-order valence-electron chi connectivity index (χ1n) is 6.45. The Balaban J connectivity index is 2.00. The van der Waals surface area contributed by atoms with Gasteiger partial charge in [-0.15, -0.1) is 0 Å². The van der Waals surface area contributed by atoms with Crippen molar-refractivity contribution in [2.75, 3.05) is 12.4 Å². The molecule has 1 amide bonds. The number of nitrogens with one attached hydrogen (secondary N) is 1. The van der Waals surface area contributed by atoms with Crippen LogP contribution in [0.4, 0.5) is 10.5 Å². The quantitative estimate of drug-likeness (QED) is 0.834. The zero-order valence-electron chi connectivity index (χ0n) is 11.8. The number of halogens is 1. The summed E-state index contributed by atoms with van der Waals surface area (Å²) in [5.41, 5.74) is 1.66. The Hall–Kier alpha value is -2.34. The van der Waals surface area contributed by atoms with Crippen molar-refractivity contribution in [1.29, 1.82) is 0 Å². The molecule has 114 valence electrons. The van der Waals surface area contributed by atoms with E-state index in [1.54, 1.807) is 12.1 Å². The van der Waals surface area contributed by atoms with Crippen LogP contribution in [-0.4, -0.2) is 19.2 Å². The summed E-state index contributed by atoms with van der Waals surface area (Å²) in [5, 5.41) is 2.58. The molecule has 0 bridgehead atoms. The molecule has 0 radical (unpaired) electrons. The van der Waals surface area contributed by atoms with Crippen LogP contribution in [0.25, 0.3) is 0 Å². The smallest absolute Gasteiger partial charge is 0.411 e. The Kier molecular flexibility index (Phi) is 5.55. The van der Waals surface area contributed by atoms with Gasteiger partial charge in [-0.2, -0.15) is 0 Å².